The van der Waals surface area contributed by atoms with Gasteiger partial charge in [0.1, 0.15) is 16.9 Å². The minimum atomic E-state index is -1.42. The molecular formula is C22H23N2O7-. The highest BCUT2D eigenvalue weighted by molar-refractivity contribution is 6.00. The number of fused-ring (bicyclic) bond motifs is 2. The van der Waals surface area contributed by atoms with Gasteiger partial charge in [0.2, 0.25) is 11.8 Å². The lowest BCUT2D eigenvalue weighted by Crippen LogP contribution is -2.42. The Bertz CT molecular complexity index is 1270. The van der Waals surface area contributed by atoms with E-state index in [4.69, 9.17) is 8.83 Å². The molecule has 0 spiro atoms. The Kier molecular flexibility index (Phi) is 6.14. The van der Waals surface area contributed by atoms with E-state index in [1.54, 1.807) is 0 Å². The summed E-state index contributed by atoms with van der Waals surface area (Å²) in [6.07, 6.45) is 0.104. The van der Waals surface area contributed by atoms with E-state index in [2.05, 4.69) is 10.6 Å². The van der Waals surface area contributed by atoms with E-state index in [0.717, 1.165) is 33.2 Å². The Labute approximate surface area is 177 Å². The molecule has 0 saturated carbocycles. The molecule has 1 aromatic carbocycles. The van der Waals surface area contributed by atoms with Gasteiger partial charge in [-0.2, -0.15) is 0 Å². The number of nitrogens with one attached hydrogen (secondary N) is 2. The second-order valence-corrected chi connectivity index (χ2v) is 7.46. The lowest BCUT2D eigenvalue weighted by molar-refractivity contribution is -0.304. The predicted octanol–water partition coefficient (Wildman–Crippen LogP) is 0.688. The highest BCUT2D eigenvalue weighted by atomic mass is 16.4. The summed E-state index contributed by atoms with van der Waals surface area (Å²) in [6, 6.07) is 1.94. The minimum Gasteiger partial charge on any atom is -0.548 e. The largest absolute Gasteiger partial charge is 0.548 e. The molecule has 9 heteroatoms. The molecule has 0 aliphatic rings. The van der Waals surface area contributed by atoms with Crippen molar-refractivity contribution >= 4 is 39.7 Å². The van der Waals surface area contributed by atoms with Gasteiger partial charge < -0.3 is 29.4 Å². The fraction of sp³-hybridized carbons (Fsp3) is 0.364. The van der Waals surface area contributed by atoms with Crippen LogP contribution in [0, 0.1) is 27.7 Å². The summed E-state index contributed by atoms with van der Waals surface area (Å²) < 4.78 is 11.4. The van der Waals surface area contributed by atoms with Gasteiger partial charge in [0, 0.05) is 28.3 Å². The van der Waals surface area contributed by atoms with Crippen molar-refractivity contribution in [3.05, 3.63) is 44.5 Å². The quantitative estimate of drug-likeness (QED) is 0.528. The van der Waals surface area contributed by atoms with Crippen LogP contribution in [0.5, 0.6) is 0 Å². The fourth-order valence-electron chi connectivity index (χ4n) is 3.52. The number of carbonyl (C=O) groups is 3. The smallest absolute Gasteiger partial charge is 0.339 e. The zero-order valence-corrected chi connectivity index (χ0v) is 17.8. The van der Waals surface area contributed by atoms with Crippen molar-refractivity contribution in [3.63, 3.8) is 0 Å². The van der Waals surface area contributed by atoms with Crippen molar-refractivity contribution in [1.29, 1.82) is 0 Å². The fourth-order valence-corrected chi connectivity index (χ4v) is 3.52. The second-order valence-electron chi connectivity index (χ2n) is 7.46. The zero-order chi connectivity index (χ0) is 22.9. The number of rotatable bonds is 7. The van der Waals surface area contributed by atoms with Gasteiger partial charge in [0.05, 0.1) is 19.1 Å². The van der Waals surface area contributed by atoms with Crippen molar-refractivity contribution in [3.8, 4) is 0 Å². The molecule has 0 unspecified atom stereocenters. The predicted molar refractivity (Wildman–Crippen MR) is 111 cm³/mol. The van der Waals surface area contributed by atoms with Crippen molar-refractivity contribution in [2.45, 2.75) is 40.5 Å². The molecule has 2 N–H and O–H groups in total. The maximum absolute atomic E-state index is 12.6. The molecule has 0 aliphatic carbocycles. The first-order chi connectivity index (χ1) is 14.6. The summed E-state index contributed by atoms with van der Waals surface area (Å²) in [4.78, 5) is 46.4. The molecule has 3 aromatic rings. The van der Waals surface area contributed by atoms with E-state index in [-0.39, 0.29) is 19.4 Å². The highest BCUT2D eigenvalue weighted by Gasteiger charge is 2.19. The molecule has 2 aromatic heterocycles. The number of hydrogen-bond acceptors (Lipinski definition) is 7. The van der Waals surface area contributed by atoms with Crippen LogP contribution in [0.4, 0.5) is 0 Å². The first-order valence-corrected chi connectivity index (χ1v) is 9.79. The third-order valence-electron chi connectivity index (χ3n) is 5.42. The molecular weight excluding hydrogens is 404 g/mol. The number of aliphatic carboxylic acids is 1. The van der Waals surface area contributed by atoms with E-state index in [0.29, 0.717) is 16.7 Å². The zero-order valence-electron chi connectivity index (χ0n) is 17.8. The molecule has 2 amide bonds. The topological polar surface area (TPSA) is 142 Å². The van der Waals surface area contributed by atoms with E-state index in [1.807, 2.05) is 33.8 Å². The SMILES string of the molecule is Cc1oc2c(C)c3oc(=O)c(CCC(=O)NCC(=O)NCC(=O)[O-])c(C)c3cc2c1C. The molecule has 0 radical (unpaired) electrons. The number of carbonyl (C=O) groups excluding carboxylic acids is 3. The molecule has 164 valence electrons. The number of carboxylic acid groups (broad SMARTS) is 1. The lowest BCUT2D eigenvalue weighted by atomic mass is 9.98. The number of furan rings is 1. The van der Waals surface area contributed by atoms with Crippen molar-refractivity contribution < 1.29 is 28.3 Å². The van der Waals surface area contributed by atoms with Crippen molar-refractivity contribution in [2.75, 3.05) is 13.1 Å². The van der Waals surface area contributed by atoms with Crippen LogP contribution in [0.3, 0.4) is 0 Å². The van der Waals surface area contributed by atoms with Gasteiger partial charge in [0.15, 0.2) is 0 Å². The Hall–Kier alpha value is -3.62. The Morgan fingerprint density at radius 1 is 0.871 bits per heavy atom. The van der Waals surface area contributed by atoms with Crippen molar-refractivity contribution in [1.82, 2.24) is 10.6 Å². The van der Waals surface area contributed by atoms with Crippen LogP contribution < -0.4 is 21.4 Å². The van der Waals surface area contributed by atoms with Gasteiger partial charge in [-0.1, -0.05) is 0 Å². The van der Waals surface area contributed by atoms with Gasteiger partial charge in [-0.3, -0.25) is 9.59 Å². The molecule has 0 aliphatic heterocycles. The average Bonchev–Trinajstić information content (AvgIpc) is 3.00. The van der Waals surface area contributed by atoms with Crippen LogP contribution in [0.2, 0.25) is 0 Å². The van der Waals surface area contributed by atoms with E-state index < -0.39 is 30.0 Å². The number of aryl methyl sites for hydroxylation is 4. The lowest BCUT2D eigenvalue weighted by Gasteiger charge is -2.10. The molecule has 9 nitrogen and oxygen atoms in total. The maximum atomic E-state index is 12.6. The summed E-state index contributed by atoms with van der Waals surface area (Å²) in [5, 5.41) is 16.5. The minimum absolute atomic E-state index is 0.0318. The van der Waals surface area contributed by atoms with E-state index >= 15 is 0 Å². The summed E-state index contributed by atoms with van der Waals surface area (Å²) in [7, 11) is 0. The molecule has 3 rings (SSSR count). The first kappa shape index (κ1) is 22.1. The molecule has 0 fully saturated rings. The molecule has 0 atom stereocenters. The standard InChI is InChI=1S/C22H24N2O7/c1-10-13(4)30-20-12(3)21-16(7-15(10)20)11(2)14(22(29)31-21)5-6-17(25)23-8-18(26)24-9-19(27)28/h7H,5-6,8-9H2,1-4H3,(H,23,25)(H,24,26)(H,27,28)/p-1. The number of carboxylic acids is 1. The molecule has 31 heavy (non-hydrogen) atoms. The number of hydrogen-bond donors (Lipinski definition) is 2. The highest BCUT2D eigenvalue weighted by Crippen LogP contribution is 2.34. The third kappa shape index (κ3) is 4.45. The van der Waals surface area contributed by atoms with Crippen molar-refractivity contribution in [2.24, 2.45) is 0 Å². The molecule has 0 bridgehead atoms. The number of amides is 2. The monoisotopic (exact) mass is 427 g/mol. The molecule has 2 heterocycles. The van der Waals surface area contributed by atoms with Crippen LogP contribution >= 0.6 is 0 Å². The number of benzene rings is 1. The van der Waals surface area contributed by atoms with Crippen LogP contribution in [0.15, 0.2) is 19.7 Å². The molecule has 0 saturated heterocycles. The Morgan fingerprint density at radius 3 is 2.16 bits per heavy atom. The van der Waals surface area contributed by atoms with Gasteiger partial charge in [-0.25, -0.2) is 4.79 Å². The summed E-state index contributed by atoms with van der Waals surface area (Å²) in [5.74, 6) is -1.72. The van der Waals surface area contributed by atoms with Gasteiger partial charge >= 0.3 is 5.63 Å². The van der Waals surface area contributed by atoms with E-state index in [1.165, 1.54) is 0 Å². The van der Waals surface area contributed by atoms with Crippen LogP contribution in [0.25, 0.3) is 21.9 Å². The average molecular weight is 427 g/mol. The summed E-state index contributed by atoms with van der Waals surface area (Å²) in [5.41, 5.74) is 3.51. The van der Waals surface area contributed by atoms with Gasteiger partial charge in [0.25, 0.3) is 0 Å². The first-order valence-electron chi connectivity index (χ1n) is 9.79. The Morgan fingerprint density at radius 2 is 1.48 bits per heavy atom. The maximum Gasteiger partial charge on any atom is 0.339 e. The van der Waals surface area contributed by atoms with Crippen LogP contribution in [0.1, 0.15) is 34.4 Å². The summed E-state index contributed by atoms with van der Waals surface area (Å²) >= 11 is 0. The summed E-state index contributed by atoms with van der Waals surface area (Å²) in [6.45, 7) is 6.50. The normalized spacial score (nSPS) is 11.1. The van der Waals surface area contributed by atoms with Crippen LogP contribution in [-0.4, -0.2) is 30.9 Å². The second kappa shape index (κ2) is 8.63. The van der Waals surface area contributed by atoms with E-state index in [9.17, 15) is 24.3 Å². The van der Waals surface area contributed by atoms with Crippen LogP contribution in [-0.2, 0) is 20.8 Å². The Balaban J connectivity index is 1.80. The third-order valence-corrected chi connectivity index (χ3v) is 5.42. The van der Waals surface area contributed by atoms with Gasteiger partial charge in [-0.15, -0.1) is 0 Å². The van der Waals surface area contributed by atoms with Gasteiger partial charge in [-0.05, 0) is 51.3 Å².